The number of thioether (sulfide) groups is 1. The summed E-state index contributed by atoms with van der Waals surface area (Å²) < 4.78 is 15.4. The van der Waals surface area contributed by atoms with Crippen LogP contribution in [0.3, 0.4) is 0 Å². The molecule has 0 saturated carbocycles. The number of ether oxygens (including phenoxy) is 1. The fourth-order valence-corrected chi connectivity index (χ4v) is 4.95. The summed E-state index contributed by atoms with van der Waals surface area (Å²) in [5, 5.41) is 10.3. The van der Waals surface area contributed by atoms with E-state index in [0.717, 1.165) is 35.4 Å². The zero-order valence-electron chi connectivity index (χ0n) is 53.4. The highest BCUT2D eigenvalue weighted by atomic mass is 32.2. The Kier molecular flexibility index (Phi) is 46.4. The van der Waals surface area contributed by atoms with Gasteiger partial charge in [0.1, 0.15) is 24.3 Å². The number of carbonyl (C=O) groups excluding carboxylic acids is 1. The lowest BCUT2D eigenvalue weighted by Crippen LogP contribution is -2.31. The number of guanidine groups is 13. The van der Waals surface area contributed by atoms with E-state index in [1.165, 1.54) is 0 Å². The summed E-state index contributed by atoms with van der Waals surface area (Å²) in [6, 6.07) is 13.4. The number of rotatable bonds is 9. The molecule has 0 saturated heterocycles. The zero-order chi connectivity index (χ0) is 69.7. The van der Waals surface area contributed by atoms with E-state index in [9.17, 15) is 9.90 Å². The number of anilines is 1. The van der Waals surface area contributed by atoms with Crippen LogP contribution in [-0.4, -0.2) is 237 Å². The van der Waals surface area contributed by atoms with Crippen molar-refractivity contribution in [1.82, 2.24) is 4.98 Å². The second-order valence-electron chi connectivity index (χ2n) is 18.7. The third-order valence-electron chi connectivity index (χ3n) is 8.99. The number of pyridine rings is 1. The molecule has 0 bridgehead atoms. The normalized spacial score (nSPS) is 11.1. The van der Waals surface area contributed by atoms with Gasteiger partial charge in [0.05, 0.1) is 96.4 Å². The third-order valence-corrected chi connectivity index (χ3v) is 9.94. The number of hydrogen-bond acceptors (Lipinski definition) is 8. The summed E-state index contributed by atoms with van der Waals surface area (Å²) >= 11 is 0.990. The van der Waals surface area contributed by atoms with Crippen LogP contribution in [0.5, 0.6) is 5.75 Å². The lowest BCUT2D eigenvalue weighted by Gasteiger charge is -2.18. The Bertz CT molecular complexity index is 2540. The van der Waals surface area contributed by atoms with Crippen LogP contribution in [0.25, 0.3) is 0 Å². The summed E-state index contributed by atoms with van der Waals surface area (Å²) in [5.41, 5.74) is 109. The van der Waals surface area contributed by atoms with Gasteiger partial charge in [-0.05, 0) is 72.1 Å². The molecule has 2 unspecified atom stereocenters. The molecule has 2 heterocycles. The molecule has 1 aromatic heterocycles. The smallest absolute Gasteiger partial charge is 0.387 e. The number of likely N-dealkylation sites (N-methyl/N-ethyl adjacent to an activating group) is 1. The molecule has 1 aliphatic rings. The van der Waals surface area contributed by atoms with Crippen molar-refractivity contribution in [1.29, 1.82) is 0 Å². The summed E-state index contributed by atoms with van der Waals surface area (Å²) in [5.74, 6) is 3.31. The first kappa shape index (κ1) is 85.9. The van der Waals surface area contributed by atoms with Crippen LogP contribution < -0.4 is 135 Å². The Hall–Kier alpha value is -10.9. The summed E-state index contributed by atoms with van der Waals surface area (Å²) in [6.45, 7) is 5.17. The van der Waals surface area contributed by atoms with Crippen molar-refractivity contribution in [3.05, 3.63) is 54.2 Å². The first-order valence-electron chi connectivity index (χ1n) is 25.4. The molecule has 1 aromatic carbocycles. The lowest BCUT2D eigenvalue weighted by molar-refractivity contribution is -0.466. The van der Waals surface area contributed by atoms with Gasteiger partial charge in [0, 0.05) is 18.5 Å². The van der Waals surface area contributed by atoms with Gasteiger partial charge in [-0.25, -0.2) is 15.0 Å². The van der Waals surface area contributed by atoms with Crippen LogP contribution in [0.15, 0.2) is 88.6 Å². The minimum atomic E-state index is -0.397. The molecule has 2 aromatic rings. The standard InChI is InChI=1S/C18H19N3O3S.C5H14N4.6C4H11N5/c1-21(16-4-2-3-9-19-16)10-11-24-14-7-5-13(6-8-14)12-15-17(22)20-18(23)25-15;1-3(2)4(6)9-5(7)8;6*1-9(2)4(7)8-3(5)6/h2-9,15H,10-12H2,1H3,(H,20,22,23);3-4H,6H2,1-2H3,(H4,7,8,9);6*1-2H3,(H5,5,6,7,8)/p+5. The Balaban J connectivity index is -0.000000315. The van der Waals surface area contributed by atoms with Crippen LogP contribution in [0.4, 0.5) is 5.82 Å². The van der Waals surface area contributed by atoms with Gasteiger partial charge in [-0.3, -0.25) is 66.6 Å². The maximum Gasteiger partial charge on any atom is 0.387 e. The van der Waals surface area contributed by atoms with Crippen molar-refractivity contribution in [3.8, 4) is 5.75 Å². The molecule has 0 spiro atoms. The molecule has 1 amide bonds. The minimum absolute atomic E-state index is 0.0267. The Morgan fingerprint density at radius 3 is 1.06 bits per heavy atom. The molecule has 41 heteroatoms. The number of hydrogen-bond donors (Lipinski definition) is 21. The second kappa shape index (κ2) is 47.5. The van der Waals surface area contributed by atoms with Crippen LogP contribution >= 0.6 is 11.8 Å². The topological polar surface area (TPSA) is 729 Å². The quantitative estimate of drug-likeness (QED) is 0.0630. The fourth-order valence-electron chi connectivity index (χ4n) is 4.13. The molecule has 496 valence electrons. The molecular weight excluding hydrogens is 1160 g/mol. The molecule has 1 aliphatic heterocycles. The molecular formula is C47H104N37O3S+5. The fraction of sp³-hybridized carbons (Fsp3) is 0.447. The van der Waals surface area contributed by atoms with Gasteiger partial charge in [-0.1, -0.05) is 32.0 Å². The first-order chi connectivity index (χ1) is 40.4. The van der Waals surface area contributed by atoms with Crippen molar-refractivity contribution in [3.63, 3.8) is 0 Å². The Labute approximate surface area is 519 Å². The van der Waals surface area contributed by atoms with Gasteiger partial charge in [-0.2, -0.15) is 0 Å². The number of amides is 1. The highest BCUT2D eigenvalue weighted by Crippen LogP contribution is 2.24. The van der Waals surface area contributed by atoms with Gasteiger partial charge in [0.25, 0.3) is 41.7 Å². The number of aliphatic imine (C=N–C) groups is 8. The number of nitrogens with two attached hydrogens (primary N) is 21. The highest BCUT2D eigenvalue weighted by molar-refractivity contribution is 8.14. The molecule has 2 atom stereocenters. The summed E-state index contributed by atoms with van der Waals surface area (Å²) in [7, 11) is 23.0. The summed E-state index contributed by atoms with van der Waals surface area (Å²) in [6.07, 6.45) is 2.00. The lowest BCUT2D eigenvalue weighted by atomic mass is 10.1. The van der Waals surface area contributed by atoms with Crippen LogP contribution in [0.2, 0.25) is 0 Å². The minimum Gasteiger partial charge on any atom is -0.854 e. The number of nitrogens with zero attached hydrogens (tertiary/aromatic N) is 16. The van der Waals surface area contributed by atoms with Crippen molar-refractivity contribution >= 4 is 106 Å². The molecule has 3 rings (SSSR count). The third kappa shape index (κ3) is 52.0. The van der Waals surface area contributed by atoms with E-state index in [4.69, 9.17) is 125 Å². The van der Waals surface area contributed by atoms with Gasteiger partial charge >= 0.3 is 35.8 Å². The van der Waals surface area contributed by atoms with E-state index in [1.807, 2.05) is 68.3 Å². The maximum atomic E-state index is 11.5. The Morgan fingerprint density at radius 2 is 0.852 bits per heavy atom. The van der Waals surface area contributed by atoms with Crippen LogP contribution in [0, 0.1) is 5.92 Å². The van der Waals surface area contributed by atoms with E-state index >= 15 is 0 Å². The molecule has 0 aliphatic carbocycles. The monoisotopic (exact) mass is 1270 g/mol. The SMILES string of the molecule is CC(C)C(N)N=C(N)N.CN(CCOc1ccc(CC2SC([O-])=NC2=O)cc1)c1ccccn1.C[N+](C)=C(N)N=C(N)N.C[N+](C)=C(N)N=C(N)N.C[N+](C)=C(N)N=C(N)N.C[N+](C)=C(N)N=C(N)N.C[N+](C)=C(N)N=C(N)N.C[N+](C)=C(N)N=C(N)N. The average molecular weight is 1270 g/mol. The van der Waals surface area contributed by atoms with Gasteiger partial charge in [-0.15, -0.1) is 11.8 Å². The first-order valence-corrected chi connectivity index (χ1v) is 26.3. The second-order valence-corrected chi connectivity index (χ2v) is 19.8. The highest BCUT2D eigenvalue weighted by Gasteiger charge is 2.24. The van der Waals surface area contributed by atoms with Gasteiger partial charge in [0.15, 0.2) is 5.96 Å². The predicted octanol–water partition coefficient (Wildman–Crippen LogP) is -12.2. The van der Waals surface area contributed by atoms with Crippen LogP contribution in [0.1, 0.15) is 19.4 Å². The van der Waals surface area contributed by atoms with E-state index < -0.39 is 10.5 Å². The zero-order valence-corrected chi connectivity index (χ0v) is 54.2. The van der Waals surface area contributed by atoms with E-state index in [-0.39, 0.29) is 59.7 Å². The maximum absolute atomic E-state index is 11.5. The summed E-state index contributed by atoms with van der Waals surface area (Å²) in [4.78, 5) is 46.4. The van der Waals surface area contributed by atoms with Gasteiger partial charge < -0.3 is 101 Å². The molecule has 0 radical (unpaired) electrons. The van der Waals surface area contributed by atoms with Crippen molar-refractivity contribution in [2.24, 2.45) is 166 Å². The number of carbonyl (C=O) groups is 1. The molecule has 40 nitrogen and oxygen atoms in total. The number of aromatic nitrogens is 1. The van der Waals surface area contributed by atoms with Crippen LogP contribution in [-0.2, 0) is 11.2 Å². The molecule has 88 heavy (non-hydrogen) atoms. The largest absolute Gasteiger partial charge is 0.854 e. The predicted molar refractivity (Wildman–Crippen MR) is 358 cm³/mol. The molecule has 0 fully saturated rings. The van der Waals surface area contributed by atoms with Crippen molar-refractivity contribution in [2.45, 2.75) is 31.7 Å². The molecule has 42 N–H and O–H groups in total. The van der Waals surface area contributed by atoms with E-state index in [2.05, 4.69) is 44.9 Å². The van der Waals surface area contributed by atoms with E-state index in [0.29, 0.717) is 48.8 Å². The van der Waals surface area contributed by atoms with E-state index in [1.54, 1.807) is 118 Å². The number of benzene rings is 1. The van der Waals surface area contributed by atoms with Crippen molar-refractivity contribution < 1.29 is 42.1 Å². The Morgan fingerprint density at radius 1 is 0.534 bits per heavy atom. The van der Waals surface area contributed by atoms with Gasteiger partial charge in [0.2, 0.25) is 0 Å². The van der Waals surface area contributed by atoms with Crippen molar-refractivity contribution in [2.75, 3.05) is 110 Å². The average Bonchev–Trinajstić information content (AvgIpc) is 3.71.